The lowest BCUT2D eigenvalue weighted by molar-refractivity contribution is 0.360. The summed E-state index contributed by atoms with van der Waals surface area (Å²) < 4.78 is 1.53. The third-order valence-corrected chi connectivity index (χ3v) is 4.61. The van der Waals surface area contributed by atoms with Crippen LogP contribution in [0.4, 0.5) is 0 Å². The van der Waals surface area contributed by atoms with E-state index in [1.807, 2.05) is 12.1 Å². The first-order valence-electron chi connectivity index (χ1n) is 9.00. The molecule has 2 N–H and O–H groups in total. The number of nitrogens with one attached hydrogen (secondary N) is 2. The van der Waals surface area contributed by atoms with Crippen molar-refractivity contribution in [1.82, 2.24) is 19.9 Å². The van der Waals surface area contributed by atoms with Crippen LogP contribution in [0.3, 0.4) is 0 Å². The molecule has 0 saturated heterocycles. The van der Waals surface area contributed by atoms with Crippen LogP contribution in [0.1, 0.15) is 39.0 Å². The largest absolute Gasteiger partial charge is 0.386 e. The maximum Gasteiger partial charge on any atom is 0.327 e. The van der Waals surface area contributed by atoms with Gasteiger partial charge >= 0.3 is 5.69 Å². The number of fused-ring (bicyclic) bond motifs is 1. The van der Waals surface area contributed by atoms with E-state index >= 15 is 0 Å². The lowest BCUT2D eigenvalue weighted by Crippen LogP contribution is -2.34. The maximum atomic E-state index is 11.0. The fourth-order valence-electron chi connectivity index (χ4n) is 2.59. The predicted octanol–water partition coefficient (Wildman–Crippen LogP) is 4.38. The molecule has 1 fully saturated rings. The van der Waals surface area contributed by atoms with E-state index in [4.69, 9.17) is 11.6 Å². The average molecular weight is 375 g/mol. The molecule has 5 nitrogen and oxygen atoms in total. The standard InChI is InChI=1S/C13H20ClN.C7H7N3O/c1-3-6-12(10-9-11(14)4-2)15-13-7-5-8-13;1-10-5-3-2-4-8-6(5)9-7(10)11/h4,9-10,13,15H,2-3,5-8H2,1H3;2-4H,1H3,(H,8,9,11)/b11-9+,12-10+;. The smallest absolute Gasteiger partial charge is 0.327 e. The highest BCUT2D eigenvalue weighted by atomic mass is 35.5. The van der Waals surface area contributed by atoms with Gasteiger partial charge in [-0.1, -0.05) is 37.6 Å². The maximum absolute atomic E-state index is 11.0. The van der Waals surface area contributed by atoms with Gasteiger partial charge in [-0.25, -0.2) is 9.78 Å². The number of aromatic nitrogens is 3. The fraction of sp³-hybridized carbons (Fsp3) is 0.400. The zero-order valence-corrected chi connectivity index (χ0v) is 16.2. The Morgan fingerprint density at radius 2 is 2.27 bits per heavy atom. The predicted molar refractivity (Wildman–Crippen MR) is 109 cm³/mol. The third-order valence-electron chi connectivity index (χ3n) is 4.33. The number of nitrogens with zero attached hydrogens (tertiary/aromatic N) is 2. The van der Waals surface area contributed by atoms with Crippen molar-refractivity contribution in [2.45, 2.75) is 45.1 Å². The molecular formula is C20H27ClN4O. The van der Waals surface area contributed by atoms with Crippen LogP contribution in [0, 0.1) is 0 Å². The van der Waals surface area contributed by atoms with Crippen LogP contribution in [-0.2, 0) is 7.05 Å². The Morgan fingerprint density at radius 1 is 1.50 bits per heavy atom. The quantitative estimate of drug-likeness (QED) is 0.737. The molecular weight excluding hydrogens is 348 g/mol. The minimum absolute atomic E-state index is 0.126. The molecule has 26 heavy (non-hydrogen) atoms. The molecule has 2 aromatic heterocycles. The Bertz CT molecular complexity index is 843. The molecule has 0 aliphatic heterocycles. The van der Waals surface area contributed by atoms with Gasteiger partial charge in [-0.05, 0) is 50.0 Å². The first-order chi connectivity index (χ1) is 12.5. The molecule has 0 amide bonds. The second kappa shape index (κ2) is 10.0. The van der Waals surface area contributed by atoms with Crippen LogP contribution < -0.4 is 11.0 Å². The summed E-state index contributed by atoms with van der Waals surface area (Å²) >= 11 is 5.86. The van der Waals surface area contributed by atoms with Crippen molar-refractivity contribution >= 4 is 22.8 Å². The first kappa shape index (κ1) is 20.0. The van der Waals surface area contributed by atoms with Gasteiger partial charge < -0.3 is 5.32 Å². The molecule has 6 heteroatoms. The topological polar surface area (TPSA) is 62.7 Å². The van der Waals surface area contributed by atoms with Gasteiger partial charge in [0.15, 0.2) is 5.65 Å². The Labute approximate surface area is 159 Å². The highest BCUT2D eigenvalue weighted by molar-refractivity contribution is 6.31. The summed E-state index contributed by atoms with van der Waals surface area (Å²) in [4.78, 5) is 17.6. The van der Waals surface area contributed by atoms with E-state index in [9.17, 15) is 4.79 Å². The van der Waals surface area contributed by atoms with Gasteiger partial charge in [-0.2, -0.15) is 0 Å². The highest BCUT2D eigenvalue weighted by Gasteiger charge is 2.17. The van der Waals surface area contributed by atoms with Gasteiger partial charge in [0.1, 0.15) is 0 Å². The number of H-pyrrole nitrogens is 1. The first-order valence-corrected chi connectivity index (χ1v) is 9.38. The Morgan fingerprint density at radius 3 is 2.85 bits per heavy atom. The van der Waals surface area contributed by atoms with E-state index in [0.29, 0.717) is 16.7 Å². The second-order valence-corrected chi connectivity index (χ2v) is 6.77. The van der Waals surface area contributed by atoms with E-state index < -0.39 is 0 Å². The van der Waals surface area contributed by atoms with Gasteiger partial charge in [0.05, 0.1) is 5.52 Å². The lowest BCUT2D eigenvalue weighted by Gasteiger charge is -2.28. The molecule has 2 heterocycles. The summed E-state index contributed by atoms with van der Waals surface area (Å²) in [6, 6.07) is 4.34. The van der Waals surface area contributed by atoms with Gasteiger partial charge in [0.2, 0.25) is 0 Å². The normalized spacial score (nSPS) is 15.2. The number of aryl methyl sites for hydroxylation is 1. The van der Waals surface area contributed by atoms with Crippen molar-refractivity contribution in [3.05, 3.63) is 64.4 Å². The van der Waals surface area contributed by atoms with Gasteiger partial charge in [-0.3, -0.25) is 9.55 Å². The van der Waals surface area contributed by atoms with Gasteiger partial charge in [-0.15, -0.1) is 0 Å². The molecule has 1 aliphatic rings. The van der Waals surface area contributed by atoms with E-state index in [1.54, 1.807) is 25.4 Å². The fourth-order valence-corrected chi connectivity index (χ4v) is 2.66. The summed E-state index contributed by atoms with van der Waals surface area (Å²) in [6.45, 7) is 5.81. The number of halogens is 1. The molecule has 0 spiro atoms. The summed E-state index contributed by atoms with van der Waals surface area (Å²) in [5, 5.41) is 4.25. The summed E-state index contributed by atoms with van der Waals surface area (Å²) in [5.41, 5.74) is 2.64. The number of rotatable bonds is 6. The van der Waals surface area contributed by atoms with E-state index in [2.05, 4.69) is 34.9 Å². The molecule has 3 rings (SSSR count). The van der Waals surface area contributed by atoms with Crippen LogP contribution in [0.5, 0.6) is 0 Å². The van der Waals surface area contributed by atoms with Crippen LogP contribution in [0.25, 0.3) is 11.2 Å². The van der Waals surface area contributed by atoms with Crippen molar-refractivity contribution < 1.29 is 0 Å². The van der Waals surface area contributed by atoms with Gasteiger partial charge in [0.25, 0.3) is 0 Å². The Kier molecular flexibility index (Phi) is 7.73. The van der Waals surface area contributed by atoms with Crippen LogP contribution in [0.2, 0.25) is 0 Å². The molecule has 0 radical (unpaired) electrons. The number of allylic oxidation sites excluding steroid dienone is 5. The highest BCUT2D eigenvalue weighted by Crippen LogP contribution is 2.20. The summed E-state index contributed by atoms with van der Waals surface area (Å²) in [5.74, 6) is 0. The van der Waals surface area contributed by atoms with Crippen molar-refractivity contribution in [2.24, 2.45) is 7.05 Å². The number of imidazole rings is 1. The zero-order valence-electron chi connectivity index (χ0n) is 15.5. The SMILES string of the molecule is C=C/C(Cl)=C\C=C(/CCC)NC1CCC1.Cn1c(=O)[nH]c2ncccc21. The van der Waals surface area contributed by atoms with Crippen LogP contribution >= 0.6 is 11.6 Å². The van der Waals surface area contributed by atoms with Crippen molar-refractivity contribution in [1.29, 1.82) is 0 Å². The van der Waals surface area contributed by atoms with E-state index in [-0.39, 0.29) is 5.69 Å². The van der Waals surface area contributed by atoms with Crippen molar-refractivity contribution in [3.8, 4) is 0 Å². The second-order valence-electron chi connectivity index (χ2n) is 6.33. The number of pyridine rings is 1. The minimum Gasteiger partial charge on any atom is -0.386 e. The Balaban J connectivity index is 0.000000195. The third kappa shape index (κ3) is 5.63. The molecule has 2 aromatic rings. The monoisotopic (exact) mass is 374 g/mol. The minimum atomic E-state index is -0.126. The zero-order chi connectivity index (χ0) is 18.9. The molecule has 0 unspecified atom stereocenters. The van der Waals surface area contributed by atoms with Gasteiger partial charge in [0, 0.05) is 30.0 Å². The van der Waals surface area contributed by atoms with Crippen molar-refractivity contribution in [3.63, 3.8) is 0 Å². The molecule has 0 bridgehead atoms. The molecule has 0 atom stereocenters. The van der Waals surface area contributed by atoms with Crippen molar-refractivity contribution in [2.75, 3.05) is 0 Å². The van der Waals surface area contributed by atoms with Crippen LogP contribution in [0.15, 0.2) is 58.7 Å². The molecule has 1 saturated carbocycles. The average Bonchev–Trinajstić information content (AvgIpc) is 2.90. The molecule has 1 aliphatic carbocycles. The number of hydrogen-bond acceptors (Lipinski definition) is 3. The molecule has 0 aromatic carbocycles. The summed E-state index contributed by atoms with van der Waals surface area (Å²) in [6.07, 6.45) is 13.5. The summed E-state index contributed by atoms with van der Waals surface area (Å²) in [7, 11) is 1.71. The Hall–Kier alpha value is -2.27. The van der Waals surface area contributed by atoms with E-state index in [0.717, 1.165) is 18.4 Å². The number of hydrogen-bond donors (Lipinski definition) is 2. The van der Waals surface area contributed by atoms with Crippen LogP contribution in [-0.4, -0.2) is 20.6 Å². The van der Waals surface area contributed by atoms with E-state index in [1.165, 1.54) is 29.5 Å². The lowest BCUT2D eigenvalue weighted by atomic mass is 9.92. The number of aromatic amines is 1. The molecule has 140 valence electrons.